The average molecular weight is 646 g/mol. The Labute approximate surface area is 256 Å². The van der Waals surface area contributed by atoms with Crippen LogP contribution in [0.1, 0.15) is 6.92 Å². The van der Waals surface area contributed by atoms with Gasteiger partial charge in [0.1, 0.15) is 28.7 Å². The molecule has 5 aromatic rings. The fraction of sp³-hybridized carbons (Fsp3) is 0.0625. The Morgan fingerprint density at radius 2 is 0.773 bits per heavy atom. The lowest BCUT2D eigenvalue weighted by Crippen LogP contribution is -2.13. The van der Waals surface area contributed by atoms with Crippen molar-refractivity contribution in [1.82, 2.24) is 0 Å². The van der Waals surface area contributed by atoms with Gasteiger partial charge in [-0.05, 0) is 67.6 Å². The maximum Gasteiger partial charge on any atom is 0.450 e. The average Bonchev–Trinajstić information content (AvgIpc) is 3.11. The maximum absolute atomic E-state index is 12.4. The van der Waals surface area contributed by atoms with Gasteiger partial charge in [0.2, 0.25) is 0 Å². The van der Waals surface area contributed by atoms with Crippen molar-refractivity contribution < 1.29 is 27.5 Å². The third kappa shape index (κ3) is 7.27. The minimum atomic E-state index is -4.20. The van der Waals surface area contributed by atoms with E-state index in [0.717, 1.165) is 0 Å². The lowest BCUT2D eigenvalue weighted by Gasteiger charge is -2.29. The van der Waals surface area contributed by atoms with Gasteiger partial charge >= 0.3 is 22.8 Å². The van der Waals surface area contributed by atoms with E-state index in [1.807, 2.05) is 78.9 Å². The van der Waals surface area contributed by atoms with Crippen molar-refractivity contribution in [2.75, 3.05) is 0 Å². The van der Waals surface area contributed by atoms with Crippen molar-refractivity contribution in [2.45, 2.75) is 12.7 Å². The largest absolute Gasteiger partial charge is 0.450 e. The molecule has 1 N–H and O–H groups in total. The molecular weight excluding hydrogens is 615 g/mol. The van der Waals surface area contributed by atoms with Crippen LogP contribution in [-0.2, 0) is 0 Å². The molecule has 44 heavy (non-hydrogen) atoms. The first-order valence-corrected chi connectivity index (χ1v) is 18.5. The van der Waals surface area contributed by atoms with Crippen molar-refractivity contribution >= 4 is 22.8 Å². The molecule has 12 heteroatoms. The molecule has 0 saturated heterocycles. The second-order valence-corrected chi connectivity index (χ2v) is 16.0. The lowest BCUT2D eigenvalue weighted by atomic mass is 10.3. The first kappa shape index (κ1) is 29.8. The van der Waals surface area contributed by atoms with Crippen molar-refractivity contribution in [1.29, 1.82) is 0 Å². The smallest absolute Gasteiger partial charge is 0.428 e. The van der Waals surface area contributed by atoms with Gasteiger partial charge < -0.3 is 27.5 Å². The molecule has 0 fully saturated rings. The molecule has 1 aliphatic heterocycles. The Kier molecular flexibility index (Phi) is 8.92. The van der Waals surface area contributed by atoms with E-state index in [1.165, 1.54) is 0 Å². The van der Waals surface area contributed by atoms with E-state index >= 15 is 0 Å². The molecule has 0 amide bonds. The standard InChI is InChI=1S/C32H30N3O6P3/c1-27-33-44(40-31-23-13-5-14-24-31,41-32-25-15-6-16-26-32)35-43(36,39-30-21-11-4-12-22-30)34-42(27,37-28-17-7-2-8-18-28)38-29-19-9-3-10-20-29/h2-27,36H,1H3. The van der Waals surface area contributed by atoms with E-state index in [1.54, 1.807) is 79.7 Å². The molecular formula is C32H30N3O6P3. The number of nitrogens with zero attached hydrogens (tertiary/aromatic N) is 3. The molecule has 2 atom stereocenters. The summed E-state index contributed by atoms with van der Waals surface area (Å²) in [5, 5.41) is 0. The molecule has 0 spiro atoms. The van der Waals surface area contributed by atoms with Crippen LogP contribution in [0.5, 0.6) is 28.7 Å². The molecule has 1 aliphatic rings. The van der Waals surface area contributed by atoms with Gasteiger partial charge in [-0.25, -0.2) is 0 Å². The summed E-state index contributed by atoms with van der Waals surface area (Å²) in [4.78, 5) is 12.4. The van der Waals surface area contributed by atoms with E-state index in [4.69, 9.17) is 36.4 Å². The zero-order valence-corrected chi connectivity index (χ0v) is 26.4. The summed E-state index contributed by atoms with van der Waals surface area (Å²) in [5.74, 6) is 1.37. The van der Waals surface area contributed by atoms with Crippen LogP contribution in [0.2, 0.25) is 0 Å². The zero-order chi connectivity index (χ0) is 30.3. The summed E-state index contributed by atoms with van der Waals surface area (Å²) in [7, 11) is -11.6. The number of hydrogen-bond donors (Lipinski definition) is 1. The summed E-state index contributed by atoms with van der Waals surface area (Å²) in [5.41, 5.74) is 0. The normalized spacial score (nSPS) is 19.9. The Hall–Kier alpha value is -4.25. The van der Waals surface area contributed by atoms with E-state index < -0.39 is 28.6 Å². The number of para-hydroxylation sites is 5. The van der Waals surface area contributed by atoms with Crippen LogP contribution in [0.15, 0.2) is 165 Å². The van der Waals surface area contributed by atoms with Crippen LogP contribution in [-0.4, -0.2) is 10.7 Å². The second-order valence-electron chi connectivity index (χ2n) is 9.52. The summed E-state index contributed by atoms with van der Waals surface area (Å²) >= 11 is 0. The third-order valence-corrected chi connectivity index (χ3v) is 14.1. The first-order chi connectivity index (χ1) is 21.4. The Morgan fingerprint density at radius 1 is 0.455 bits per heavy atom. The van der Waals surface area contributed by atoms with E-state index in [0.29, 0.717) is 28.7 Å². The van der Waals surface area contributed by atoms with Crippen LogP contribution in [0.4, 0.5) is 0 Å². The molecule has 0 aliphatic carbocycles. The predicted molar refractivity (Wildman–Crippen MR) is 175 cm³/mol. The van der Waals surface area contributed by atoms with Crippen molar-refractivity contribution in [2.24, 2.45) is 13.8 Å². The van der Waals surface area contributed by atoms with Gasteiger partial charge in [0.05, 0.1) is 0 Å². The summed E-state index contributed by atoms with van der Waals surface area (Å²) in [6.45, 7) is 1.80. The molecule has 0 radical (unpaired) electrons. The van der Waals surface area contributed by atoms with Crippen molar-refractivity contribution in [3.63, 3.8) is 0 Å². The highest BCUT2D eigenvalue weighted by atomic mass is 31.3. The Balaban J connectivity index is 1.61. The van der Waals surface area contributed by atoms with Gasteiger partial charge in [-0.2, -0.15) is 4.74 Å². The highest BCUT2D eigenvalue weighted by Crippen LogP contribution is 2.74. The predicted octanol–water partition coefficient (Wildman–Crippen LogP) is 10.7. The van der Waals surface area contributed by atoms with Crippen LogP contribution < -0.4 is 22.6 Å². The highest BCUT2D eigenvalue weighted by Gasteiger charge is 2.46. The molecule has 0 aromatic heterocycles. The SMILES string of the molecule is CC1N=P(Oc2ccccc2)(Oc2ccccc2)N=P(O)(Oc2ccccc2)N=P1(Oc1ccccc1)Oc1ccccc1. The fourth-order valence-corrected chi connectivity index (χ4v) is 12.6. The van der Waals surface area contributed by atoms with Crippen LogP contribution >= 0.6 is 22.8 Å². The van der Waals surface area contributed by atoms with E-state index in [9.17, 15) is 4.89 Å². The molecule has 0 saturated carbocycles. The number of benzene rings is 5. The molecule has 1 heterocycles. The molecule has 224 valence electrons. The molecule has 2 unspecified atom stereocenters. The zero-order valence-electron chi connectivity index (χ0n) is 23.7. The van der Waals surface area contributed by atoms with E-state index in [-0.39, 0.29) is 0 Å². The quantitative estimate of drug-likeness (QED) is 0.152. The first-order valence-electron chi connectivity index (χ1n) is 13.8. The number of hydrogen-bond acceptors (Lipinski definition) is 8. The molecule has 5 aromatic carbocycles. The highest BCUT2D eigenvalue weighted by molar-refractivity contribution is 7.73. The number of rotatable bonds is 10. The summed E-state index contributed by atoms with van der Waals surface area (Å²) < 4.78 is 47.3. The van der Waals surface area contributed by atoms with Crippen LogP contribution in [0.3, 0.4) is 0 Å². The molecule has 9 nitrogen and oxygen atoms in total. The van der Waals surface area contributed by atoms with Gasteiger partial charge in [-0.15, -0.1) is 9.03 Å². The van der Waals surface area contributed by atoms with Gasteiger partial charge in [0.15, 0.2) is 5.78 Å². The van der Waals surface area contributed by atoms with Crippen molar-refractivity contribution in [3.05, 3.63) is 152 Å². The molecule has 6 rings (SSSR count). The minimum Gasteiger partial charge on any atom is -0.428 e. The minimum absolute atomic E-state index is 0.348. The molecule has 0 bridgehead atoms. The van der Waals surface area contributed by atoms with Gasteiger partial charge in [-0.1, -0.05) is 91.0 Å². The van der Waals surface area contributed by atoms with Gasteiger partial charge in [0.25, 0.3) is 0 Å². The van der Waals surface area contributed by atoms with Crippen LogP contribution in [0, 0.1) is 0 Å². The topological polar surface area (TPSA) is 103 Å². The monoisotopic (exact) mass is 645 g/mol. The fourth-order valence-electron chi connectivity index (χ4n) is 4.17. The second kappa shape index (κ2) is 13.2. The Morgan fingerprint density at radius 3 is 1.14 bits per heavy atom. The maximum atomic E-state index is 12.4. The van der Waals surface area contributed by atoms with Crippen molar-refractivity contribution in [3.8, 4) is 28.7 Å². The van der Waals surface area contributed by atoms with E-state index in [2.05, 4.69) is 0 Å². The Bertz CT molecular complexity index is 1750. The summed E-state index contributed by atoms with van der Waals surface area (Å²) in [6, 6.07) is 45.3. The van der Waals surface area contributed by atoms with Crippen LogP contribution in [0.25, 0.3) is 0 Å². The lowest BCUT2D eigenvalue weighted by molar-refractivity contribution is 0.451. The summed E-state index contributed by atoms with van der Waals surface area (Å²) in [6.07, 6.45) is 0. The van der Waals surface area contributed by atoms with Gasteiger partial charge in [-0.3, -0.25) is 0 Å². The van der Waals surface area contributed by atoms with Gasteiger partial charge in [0, 0.05) is 0 Å². The third-order valence-electron chi connectivity index (χ3n) is 6.12.